The van der Waals surface area contributed by atoms with Crippen molar-refractivity contribution in [2.75, 3.05) is 10.8 Å². The standard InChI is InChI=1S/C37H38BrCl2N3O4S/c1-26-15-21-31(22-16-26)48(46,47)43(30-19-17-28(38)18-20-30)25-36(44)42(24-32-33(39)13-8-14-34(32)40)35(23-27-9-4-2-5-10-27)37(45)41-29-11-6-3-7-12-29/h2,4-5,8-10,13-22,29,35H,3,6-7,11-12,23-25H2,1H3,(H,41,45)/t35-/m1/s1. The maximum Gasteiger partial charge on any atom is 0.264 e. The number of nitrogens with one attached hydrogen (secondary N) is 1. The molecule has 2 amide bonds. The van der Waals surface area contributed by atoms with Gasteiger partial charge in [-0.3, -0.25) is 13.9 Å². The van der Waals surface area contributed by atoms with Crippen LogP contribution >= 0.6 is 39.1 Å². The number of hydrogen-bond acceptors (Lipinski definition) is 4. The molecule has 1 fully saturated rings. The number of aryl methyl sites for hydroxylation is 1. The Bertz CT molecular complexity index is 1800. The molecule has 4 aromatic rings. The van der Waals surface area contributed by atoms with Crippen LogP contribution < -0.4 is 9.62 Å². The van der Waals surface area contributed by atoms with E-state index in [-0.39, 0.29) is 29.8 Å². The number of carbonyl (C=O) groups is 2. The summed E-state index contributed by atoms with van der Waals surface area (Å²) in [4.78, 5) is 30.5. The number of benzene rings is 4. The van der Waals surface area contributed by atoms with Gasteiger partial charge in [0, 0.05) is 39.1 Å². The van der Waals surface area contributed by atoms with Crippen LogP contribution in [-0.4, -0.2) is 43.8 Å². The Morgan fingerprint density at radius 2 is 1.48 bits per heavy atom. The Kier molecular flexibility index (Phi) is 12.2. The van der Waals surface area contributed by atoms with Gasteiger partial charge in [0.1, 0.15) is 12.6 Å². The second-order valence-electron chi connectivity index (χ2n) is 12.1. The number of nitrogens with zero attached hydrogens (tertiary/aromatic N) is 2. The molecule has 7 nitrogen and oxygen atoms in total. The first-order valence-corrected chi connectivity index (χ1v) is 18.9. The van der Waals surface area contributed by atoms with Crippen molar-refractivity contribution < 1.29 is 18.0 Å². The van der Waals surface area contributed by atoms with Crippen LogP contribution in [0.1, 0.15) is 48.8 Å². The van der Waals surface area contributed by atoms with Gasteiger partial charge in [0.05, 0.1) is 10.6 Å². The van der Waals surface area contributed by atoms with Crippen molar-refractivity contribution in [2.45, 2.75) is 69.0 Å². The van der Waals surface area contributed by atoms with Crippen molar-refractivity contribution in [3.8, 4) is 0 Å². The number of amides is 2. The third-order valence-corrected chi connectivity index (χ3v) is 11.6. The van der Waals surface area contributed by atoms with E-state index in [9.17, 15) is 18.0 Å². The zero-order chi connectivity index (χ0) is 34.3. The maximum atomic E-state index is 14.7. The molecule has 1 N–H and O–H groups in total. The number of anilines is 1. The van der Waals surface area contributed by atoms with E-state index in [0.29, 0.717) is 21.3 Å². The van der Waals surface area contributed by atoms with Crippen molar-refractivity contribution in [3.63, 3.8) is 0 Å². The predicted octanol–water partition coefficient (Wildman–Crippen LogP) is 8.35. The second-order valence-corrected chi connectivity index (χ2v) is 15.7. The highest BCUT2D eigenvalue weighted by atomic mass is 79.9. The Balaban J connectivity index is 1.59. The molecule has 0 saturated heterocycles. The van der Waals surface area contributed by atoms with Crippen LogP contribution in [0, 0.1) is 6.92 Å². The predicted molar refractivity (Wildman–Crippen MR) is 196 cm³/mol. The summed E-state index contributed by atoms with van der Waals surface area (Å²) in [5, 5.41) is 3.88. The molecule has 5 rings (SSSR count). The van der Waals surface area contributed by atoms with Gasteiger partial charge in [0.15, 0.2) is 0 Å². The molecule has 252 valence electrons. The zero-order valence-electron chi connectivity index (χ0n) is 26.6. The van der Waals surface area contributed by atoms with Crippen LogP contribution in [0.5, 0.6) is 0 Å². The van der Waals surface area contributed by atoms with Gasteiger partial charge in [0.2, 0.25) is 11.8 Å². The quantitative estimate of drug-likeness (QED) is 0.157. The highest BCUT2D eigenvalue weighted by Gasteiger charge is 2.36. The first kappa shape index (κ1) is 35.9. The minimum Gasteiger partial charge on any atom is -0.352 e. The highest BCUT2D eigenvalue weighted by molar-refractivity contribution is 9.10. The fourth-order valence-electron chi connectivity index (χ4n) is 5.93. The molecular formula is C37H38BrCl2N3O4S. The summed E-state index contributed by atoms with van der Waals surface area (Å²) < 4.78 is 30.3. The lowest BCUT2D eigenvalue weighted by atomic mass is 9.94. The minimum absolute atomic E-state index is 0.00782. The van der Waals surface area contributed by atoms with E-state index in [4.69, 9.17) is 23.2 Å². The third kappa shape index (κ3) is 8.99. The molecule has 1 aliphatic carbocycles. The molecule has 0 radical (unpaired) electrons. The summed E-state index contributed by atoms with van der Waals surface area (Å²) in [6.07, 6.45) is 5.09. The highest BCUT2D eigenvalue weighted by Crippen LogP contribution is 2.30. The molecule has 0 aromatic heterocycles. The van der Waals surface area contributed by atoms with Gasteiger partial charge in [-0.2, -0.15) is 0 Å². The lowest BCUT2D eigenvalue weighted by molar-refractivity contribution is -0.140. The number of halogens is 3. The Labute approximate surface area is 301 Å². The van der Waals surface area contributed by atoms with E-state index in [1.807, 2.05) is 37.3 Å². The number of sulfonamides is 1. The molecular weight excluding hydrogens is 733 g/mol. The lowest BCUT2D eigenvalue weighted by Gasteiger charge is -2.35. The SMILES string of the molecule is Cc1ccc(S(=O)(=O)N(CC(=O)N(Cc2c(Cl)cccc2Cl)[C@H](Cc2ccccc2)C(=O)NC2CCCCC2)c2ccc(Br)cc2)cc1. The van der Waals surface area contributed by atoms with E-state index >= 15 is 0 Å². The topological polar surface area (TPSA) is 86.8 Å². The smallest absolute Gasteiger partial charge is 0.264 e. The number of hydrogen-bond donors (Lipinski definition) is 1. The molecule has 0 heterocycles. The van der Waals surface area contributed by atoms with E-state index in [2.05, 4.69) is 21.2 Å². The summed E-state index contributed by atoms with van der Waals surface area (Å²) in [5.41, 5.74) is 2.51. The minimum atomic E-state index is -4.21. The molecule has 0 aliphatic heterocycles. The van der Waals surface area contributed by atoms with Gasteiger partial charge in [-0.25, -0.2) is 8.42 Å². The van der Waals surface area contributed by atoms with Crippen LogP contribution in [-0.2, 0) is 32.6 Å². The summed E-state index contributed by atoms with van der Waals surface area (Å²) in [7, 11) is -4.21. The van der Waals surface area contributed by atoms with Gasteiger partial charge in [-0.05, 0) is 73.9 Å². The number of carbonyl (C=O) groups excluding carboxylic acids is 2. The Morgan fingerprint density at radius 1 is 0.854 bits per heavy atom. The first-order valence-electron chi connectivity index (χ1n) is 15.9. The van der Waals surface area contributed by atoms with Gasteiger partial charge < -0.3 is 10.2 Å². The van der Waals surface area contributed by atoms with Gasteiger partial charge >= 0.3 is 0 Å². The van der Waals surface area contributed by atoms with Gasteiger partial charge in [-0.1, -0.05) is 112 Å². The van der Waals surface area contributed by atoms with Crippen LogP contribution in [0.3, 0.4) is 0 Å². The summed E-state index contributed by atoms with van der Waals surface area (Å²) in [6.45, 7) is 1.20. The fraction of sp³-hybridized carbons (Fsp3) is 0.297. The largest absolute Gasteiger partial charge is 0.352 e. The Morgan fingerprint density at radius 3 is 2.10 bits per heavy atom. The van der Waals surface area contributed by atoms with E-state index in [1.54, 1.807) is 54.6 Å². The molecule has 0 spiro atoms. The van der Waals surface area contributed by atoms with Crippen molar-refractivity contribution in [3.05, 3.63) is 128 Å². The molecule has 1 aliphatic rings. The van der Waals surface area contributed by atoms with Crippen molar-refractivity contribution in [1.82, 2.24) is 10.2 Å². The molecule has 1 saturated carbocycles. The van der Waals surface area contributed by atoms with Crippen molar-refractivity contribution in [2.24, 2.45) is 0 Å². The average molecular weight is 772 g/mol. The van der Waals surface area contributed by atoms with Crippen LogP contribution in [0.15, 0.2) is 106 Å². The van der Waals surface area contributed by atoms with Crippen molar-refractivity contribution in [1.29, 1.82) is 0 Å². The van der Waals surface area contributed by atoms with E-state index in [1.165, 1.54) is 17.0 Å². The van der Waals surface area contributed by atoms with Crippen LogP contribution in [0.4, 0.5) is 5.69 Å². The normalized spacial score (nSPS) is 14.2. The average Bonchev–Trinajstić information content (AvgIpc) is 3.08. The second kappa shape index (κ2) is 16.4. The third-order valence-electron chi connectivity index (χ3n) is 8.62. The maximum absolute atomic E-state index is 14.7. The first-order chi connectivity index (χ1) is 23.0. The summed E-state index contributed by atoms with van der Waals surface area (Å²) in [6, 6.07) is 26.7. The summed E-state index contributed by atoms with van der Waals surface area (Å²) >= 11 is 16.7. The lowest BCUT2D eigenvalue weighted by Crippen LogP contribution is -2.55. The summed E-state index contributed by atoms with van der Waals surface area (Å²) in [5.74, 6) is -0.886. The van der Waals surface area contributed by atoms with Gasteiger partial charge in [0.25, 0.3) is 10.0 Å². The Hall–Kier alpha value is -3.37. The zero-order valence-corrected chi connectivity index (χ0v) is 30.5. The van der Waals surface area contributed by atoms with Crippen molar-refractivity contribution >= 4 is 66.7 Å². The van der Waals surface area contributed by atoms with E-state index < -0.39 is 28.5 Å². The molecule has 11 heteroatoms. The molecule has 48 heavy (non-hydrogen) atoms. The van der Waals surface area contributed by atoms with Crippen LogP contribution in [0.2, 0.25) is 10.0 Å². The van der Waals surface area contributed by atoms with Crippen LogP contribution in [0.25, 0.3) is 0 Å². The van der Waals surface area contributed by atoms with Gasteiger partial charge in [-0.15, -0.1) is 0 Å². The van der Waals surface area contributed by atoms with E-state index in [0.717, 1.165) is 52.0 Å². The monoisotopic (exact) mass is 769 g/mol. The fourth-order valence-corrected chi connectivity index (χ4v) is 8.12. The molecule has 1 atom stereocenters. The molecule has 0 bridgehead atoms. The number of rotatable bonds is 12. The molecule has 0 unspecified atom stereocenters. The molecule has 4 aromatic carbocycles.